The maximum atomic E-state index is 9.07. The molecule has 9 rings (SSSR count). The van der Waals surface area contributed by atoms with Crippen LogP contribution in [0.5, 0.6) is 0 Å². The molecule has 0 aliphatic heterocycles. The quantitative estimate of drug-likeness (QED) is 0.157. The molecule has 0 fully saturated rings. The van der Waals surface area contributed by atoms with E-state index in [0.29, 0.717) is 22.5 Å². The number of aliphatic imine (C=N–C) groups is 1. The van der Waals surface area contributed by atoms with Gasteiger partial charge in [0.05, 0.1) is 27.8 Å². The molecule has 0 aliphatic carbocycles. The normalized spacial score (nSPS) is 12.4. The van der Waals surface area contributed by atoms with Crippen LogP contribution < -0.4 is 0 Å². The SMILES string of the molecule is C=C(/C=C\c1cc2cc3ncoc3c3c4ccccc4n1c23)C(=N)c1ccccc1N=Cc1cccc2c1oc1ccccc12. The molecule has 0 bridgehead atoms. The molecular formula is C39H24N4O2. The summed E-state index contributed by atoms with van der Waals surface area (Å²) in [6.07, 6.45) is 7.23. The topological polar surface area (TPSA) is 79.8 Å². The van der Waals surface area contributed by atoms with Crippen LogP contribution in [0.1, 0.15) is 16.8 Å². The predicted molar refractivity (Wildman–Crippen MR) is 184 cm³/mol. The van der Waals surface area contributed by atoms with Crippen molar-refractivity contribution >= 4 is 83.9 Å². The molecule has 4 heterocycles. The van der Waals surface area contributed by atoms with Crippen LogP contribution in [-0.4, -0.2) is 21.3 Å². The van der Waals surface area contributed by atoms with Gasteiger partial charge in [-0.2, -0.15) is 0 Å². The lowest BCUT2D eigenvalue weighted by molar-refractivity contribution is 0.605. The molecule has 6 nitrogen and oxygen atoms in total. The summed E-state index contributed by atoms with van der Waals surface area (Å²) in [6.45, 7) is 4.26. The number of rotatable bonds is 6. The smallest absolute Gasteiger partial charge is 0.182 e. The van der Waals surface area contributed by atoms with Crippen molar-refractivity contribution in [3.8, 4) is 0 Å². The lowest BCUT2D eigenvalue weighted by Crippen LogP contribution is -2.01. The van der Waals surface area contributed by atoms with Gasteiger partial charge in [0.25, 0.3) is 0 Å². The molecule has 5 aromatic carbocycles. The van der Waals surface area contributed by atoms with E-state index >= 15 is 0 Å². The van der Waals surface area contributed by atoms with Gasteiger partial charge >= 0.3 is 0 Å². The first kappa shape index (κ1) is 25.2. The van der Waals surface area contributed by atoms with E-state index in [1.807, 2.05) is 85.1 Å². The van der Waals surface area contributed by atoms with Gasteiger partial charge in [0.15, 0.2) is 12.0 Å². The van der Waals surface area contributed by atoms with E-state index in [2.05, 4.69) is 52.4 Å². The van der Waals surface area contributed by atoms with E-state index in [0.717, 1.165) is 71.5 Å². The molecule has 0 radical (unpaired) electrons. The van der Waals surface area contributed by atoms with Crippen molar-refractivity contribution in [2.24, 2.45) is 4.99 Å². The van der Waals surface area contributed by atoms with Gasteiger partial charge in [0, 0.05) is 44.6 Å². The van der Waals surface area contributed by atoms with Crippen LogP contribution in [0, 0.1) is 5.41 Å². The standard InChI is InChI=1S/C39H24N4O2/c1-23(17-18-26-19-25-20-32-39(44-22-42-32)35-30-12-3-6-15-33(30)43(26)37(25)35)36(40)29-11-2-5-14-31(29)41-21-24-9-8-13-28-27-10-4-7-16-34(27)45-38(24)28/h2-22,40H,1H2/b18-17-,40-36?,41-21?. The molecule has 4 aromatic heterocycles. The Morgan fingerprint density at radius 3 is 2.58 bits per heavy atom. The van der Waals surface area contributed by atoms with Crippen molar-refractivity contribution in [2.75, 3.05) is 0 Å². The number of nitrogens with one attached hydrogen (secondary N) is 1. The van der Waals surface area contributed by atoms with Crippen LogP contribution in [0.3, 0.4) is 0 Å². The molecule has 0 saturated carbocycles. The molecular weight excluding hydrogens is 556 g/mol. The van der Waals surface area contributed by atoms with E-state index < -0.39 is 0 Å². The maximum Gasteiger partial charge on any atom is 0.182 e. The summed E-state index contributed by atoms with van der Waals surface area (Å²) in [6, 6.07) is 34.3. The van der Waals surface area contributed by atoms with Crippen LogP contribution in [0.4, 0.5) is 5.69 Å². The second-order valence-electron chi connectivity index (χ2n) is 11.1. The monoisotopic (exact) mass is 580 g/mol. The molecule has 212 valence electrons. The van der Waals surface area contributed by atoms with Gasteiger partial charge in [-0.25, -0.2) is 4.98 Å². The number of benzene rings is 5. The summed E-state index contributed by atoms with van der Waals surface area (Å²) in [7, 11) is 0. The molecule has 1 N–H and O–H groups in total. The Morgan fingerprint density at radius 1 is 0.844 bits per heavy atom. The van der Waals surface area contributed by atoms with Gasteiger partial charge < -0.3 is 13.2 Å². The number of allylic oxidation sites excluding steroid dienone is 2. The Balaban J connectivity index is 1.07. The number of fused-ring (bicyclic) bond motifs is 8. The Hall–Kier alpha value is -6.27. The minimum Gasteiger partial charge on any atom is -0.455 e. The van der Waals surface area contributed by atoms with Crippen molar-refractivity contribution in [1.29, 1.82) is 5.41 Å². The van der Waals surface area contributed by atoms with E-state index in [9.17, 15) is 0 Å². The number of hydrogen-bond acceptors (Lipinski definition) is 5. The Morgan fingerprint density at radius 2 is 1.64 bits per heavy atom. The van der Waals surface area contributed by atoms with Crippen LogP contribution >= 0.6 is 0 Å². The Kier molecular flexibility index (Phi) is 5.40. The summed E-state index contributed by atoms with van der Waals surface area (Å²) in [5, 5.41) is 14.5. The fourth-order valence-electron chi connectivity index (χ4n) is 6.48. The average Bonchev–Trinajstić information content (AvgIpc) is 3.86. The highest BCUT2D eigenvalue weighted by Crippen LogP contribution is 2.40. The van der Waals surface area contributed by atoms with E-state index in [1.54, 1.807) is 0 Å². The first-order valence-electron chi connectivity index (χ1n) is 14.7. The van der Waals surface area contributed by atoms with Gasteiger partial charge in [-0.15, -0.1) is 0 Å². The van der Waals surface area contributed by atoms with Gasteiger partial charge in [0.2, 0.25) is 0 Å². The van der Waals surface area contributed by atoms with Gasteiger partial charge in [-0.1, -0.05) is 79.4 Å². The fraction of sp³-hybridized carbons (Fsp3) is 0. The van der Waals surface area contributed by atoms with Crippen LogP contribution in [0.25, 0.3) is 66.3 Å². The molecule has 45 heavy (non-hydrogen) atoms. The van der Waals surface area contributed by atoms with E-state index in [4.69, 9.17) is 19.2 Å². The first-order valence-corrected chi connectivity index (χ1v) is 14.7. The molecule has 0 unspecified atom stereocenters. The molecule has 0 saturated heterocycles. The van der Waals surface area contributed by atoms with Crippen LogP contribution in [-0.2, 0) is 0 Å². The average molecular weight is 581 g/mol. The van der Waals surface area contributed by atoms with Crippen LogP contribution in [0.15, 0.2) is 142 Å². The molecule has 0 amide bonds. The van der Waals surface area contributed by atoms with Crippen LogP contribution in [0.2, 0.25) is 0 Å². The minimum absolute atomic E-state index is 0.307. The number of nitrogens with zero attached hydrogens (tertiary/aromatic N) is 3. The third-order valence-electron chi connectivity index (χ3n) is 8.55. The number of aromatic nitrogens is 2. The lowest BCUT2D eigenvalue weighted by atomic mass is 10.0. The second-order valence-corrected chi connectivity index (χ2v) is 11.1. The van der Waals surface area contributed by atoms with Gasteiger partial charge in [-0.05, 0) is 48.0 Å². The summed E-state index contributed by atoms with van der Waals surface area (Å²) >= 11 is 0. The highest BCUT2D eigenvalue weighted by atomic mass is 16.3. The zero-order valence-corrected chi connectivity index (χ0v) is 24.0. The zero-order valence-electron chi connectivity index (χ0n) is 24.0. The van der Waals surface area contributed by atoms with Crippen molar-refractivity contribution in [2.45, 2.75) is 0 Å². The zero-order chi connectivity index (χ0) is 30.1. The summed E-state index contributed by atoms with van der Waals surface area (Å²) in [4.78, 5) is 9.25. The fourth-order valence-corrected chi connectivity index (χ4v) is 6.48. The maximum absolute atomic E-state index is 9.07. The van der Waals surface area contributed by atoms with Crippen molar-refractivity contribution in [3.05, 3.63) is 145 Å². The third-order valence-corrected chi connectivity index (χ3v) is 8.55. The van der Waals surface area contributed by atoms with E-state index in [1.165, 1.54) is 6.39 Å². The highest BCUT2D eigenvalue weighted by Gasteiger charge is 2.20. The largest absolute Gasteiger partial charge is 0.455 e. The summed E-state index contributed by atoms with van der Waals surface area (Å²) in [5.41, 5.74) is 9.59. The molecule has 6 heteroatoms. The summed E-state index contributed by atoms with van der Waals surface area (Å²) < 4.78 is 14.2. The van der Waals surface area contributed by atoms with Crippen molar-refractivity contribution in [3.63, 3.8) is 0 Å². The summed E-state index contributed by atoms with van der Waals surface area (Å²) in [5.74, 6) is 0. The first-order chi connectivity index (χ1) is 22.2. The van der Waals surface area contributed by atoms with E-state index in [-0.39, 0.29) is 0 Å². The number of hydrogen-bond donors (Lipinski definition) is 1. The predicted octanol–water partition coefficient (Wildman–Crippen LogP) is 10.1. The minimum atomic E-state index is 0.307. The van der Waals surface area contributed by atoms with Crippen molar-refractivity contribution in [1.82, 2.24) is 9.38 Å². The molecule has 0 atom stereocenters. The Labute approximate surface area is 256 Å². The lowest BCUT2D eigenvalue weighted by Gasteiger charge is -2.08. The molecule has 0 aliphatic rings. The number of oxazole rings is 1. The Bertz CT molecular complexity index is 2700. The number of para-hydroxylation sites is 4. The van der Waals surface area contributed by atoms with Gasteiger partial charge in [0.1, 0.15) is 16.7 Å². The highest BCUT2D eigenvalue weighted by molar-refractivity contribution is 6.24. The van der Waals surface area contributed by atoms with Gasteiger partial charge in [-0.3, -0.25) is 10.4 Å². The third kappa shape index (κ3) is 3.79. The molecule has 9 aromatic rings. The number of furan rings is 1. The second kappa shape index (κ2) is 9.62. The van der Waals surface area contributed by atoms with Crippen molar-refractivity contribution < 1.29 is 8.83 Å². The molecule has 0 spiro atoms.